The molecule has 2 amide bonds. The Morgan fingerprint density at radius 3 is 2.48 bits per heavy atom. The van der Waals surface area contributed by atoms with Crippen LogP contribution in [0.15, 0.2) is 42.5 Å². The number of alkyl halides is 5. The van der Waals surface area contributed by atoms with Crippen LogP contribution in [-0.2, 0) is 51.7 Å². The number of aryl methyl sites for hydroxylation is 1. The lowest BCUT2D eigenvalue weighted by molar-refractivity contribution is -0.144. The number of rotatable bonds is 11. The van der Waals surface area contributed by atoms with Crippen LogP contribution < -0.4 is 20.7 Å². The van der Waals surface area contributed by atoms with Crippen molar-refractivity contribution in [1.82, 2.24) is 40.2 Å². The van der Waals surface area contributed by atoms with Gasteiger partial charge in [0.25, 0.3) is 5.92 Å². The molecule has 2 aromatic carbocycles. The molecule has 14 nitrogen and oxygen atoms in total. The van der Waals surface area contributed by atoms with Crippen molar-refractivity contribution >= 4 is 65.4 Å². The SMILES string of the molecule is Cn1nc(NS(C)(=O)=O)c2cccc(-c3cc4sc(NC5CNC(=O)C5)nc4nc3C(Cc3cc(F)cc(F)c3)NC(=O)Cn3nc(C(F)(F)F)c4c3C(F)(F)[C@@H]3CC[C@H]43)c21. The van der Waals surface area contributed by atoms with Crippen molar-refractivity contribution < 1.29 is 48.7 Å². The van der Waals surface area contributed by atoms with Gasteiger partial charge in [0.15, 0.2) is 22.3 Å². The number of halogens is 7. The average molecular weight is 891 g/mol. The van der Waals surface area contributed by atoms with Gasteiger partial charge in [0.05, 0.1) is 34.2 Å². The maximum Gasteiger partial charge on any atom is 0.435 e. The highest BCUT2D eigenvalue weighted by Crippen LogP contribution is 2.64. The quantitative estimate of drug-likeness (QED) is 0.112. The highest BCUT2D eigenvalue weighted by atomic mass is 32.2. The topological polar surface area (TPSA) is 178 Å². The molecule has 4 atom stereocenters. The van der Waals surface area contributed by atoms with E-state index >= 15 is 8.78 Å². The first kappa shape index (κ1) is 40.6. The number of benzene rings is 2. The van der Waals surface area contributed by atoms with E-state index in [9.17, 15) is 40.0 Å². The number of sulfonamides is 1. The molecule has 1 aliphatic heterocycles. The Hall–Kier alpha value is -5.84. The molecular weight excluding hydrogens is 858 g/mol. The number of hydrogen-bond donors (Lipinski definition) is 4. The molecule has 1 saturated carbocycles. The zero-order chi connectivity index (χ0) is 43.3. The molecule has 0 spiro atoms. The number of thiazole rings is 1. The van der Waals surface area contributed by atoms with Gasteiger partial charge in [-0.15, -0.1) is 0 Å². The minimum absolute atomic E-state index is 0.00220. The Balaban J connectivity index is 1.19. The standard InChI is InChI=1S/C38H33F7N10O4S2/c1-54-31-20(4-3-5-22(31)34(52-54)53-61(2,58)59)23-13-26-35(50-36(60-26)47-19-12-27(56)46-14-19)49-30(23)25(10-16-8-17(39)11-18(40)9-16)48-28(57)15-55-33-29(32(51-55)38(43,44)45)21-6-7-24(21)37(33,41)42/h3-5,8-9,11,13,19,21,24-25H,6-7,10,12,14-15H2,1-2H3,(H,46,56)(H,48,57)(H,52,53)(H,47,49,50)/t19?,21-,24+,25?/m0/s1. The molecule has 6 aromatic rings. The summed E-state index contributed by atoms with van der Waals surface area (Å²) in [5, 5.41) is 17.2. The van der Waals surface area contributed by atoms with E-state index in [-0.39, 0.29) is 60.4 Å². The fraction of sp³-hybridized carbons (Fsp3) is 0.368. The van der Waals surface area contributed by atoms with Crippen LogP contribution in [0.25, 0.3) is 32.4 Å². The van der Waals surface area contributed by atoms with E-state index in [1.54, 1.807) is 31.3 Å². The lowest BCUT2D eigenvalue weighted by Gasteiger charge is -2.34. The third-order valence-electron chi connectivity index (χ3n) is 11.2. The summed E-state index contributed by atoms with van der Waals surface area (Å²) in [6.07, 6.45) is -4.21. The molecule has 0 bridgehead atoms. The van der Waals surface area contributed by atoms with Crippen LogP contribution in [0.4, 0.5) is 41.7 Å². The Kier molecular flexibility index (Phi) is 9.56. The third kappa shape index (κ3) is 7.39. The number of pyridine rings is 1. The Morgan fingerprint density at radius 2 is 1.82 bits per heavy atom. The molecule has 1 saturated heterocycles. The van der Waals surface area contributed by atoms with Crippen molar-refractivity contribution in [2.24, 2.45) is 13.0 Å². The number of carbonyl (C=O) groups is 2. The molecule has 9 rings (SSSR count). The monoisotopic (exact) mass is 890 g/mol. The largest absolute Gasteiger partial charge is 0.435 e. The molecule has 61 heavy (non-hydrogen) atoms. The van der Waals surface area contributed by atoms with Crippen molar-refractivity contribution in [3.8, 4) is 11.1 Å². The number of amides is 2. The first-order valence-corrected chi connectivity index (χ1v) is 21.5. The number of carbonyl (C=O) groups excluding carboxylic acids is 2. The van der Waals surface area contributed by atoms with E-state index in [1.165, 1.54) is 16.0 Å². The van der Waals surface area contributed by atoms with Gasteiger partial charge in [-0.1, -0.05) is 23.5 Å². The predicted molar refractivity (Wildman–Crippen MR) is 208 cm³/mol. The van der Waals surface area contributed by atoms with E-state index in [1.807, 2.05) is 0 Å². The number of nitrogens with one attached hydrogen (secondary N) is 4. The smallest absolute Gasteiger partial charge is 0.356 e. The summed E-state index contributed by atoms with van der Waals surface area (Å²) in [5.74, 6) is -9.26. The Morgan fingerprint density at radius 1 is 1.07 bits per heavy atom. The van der Waals surface area contributed by atoms with Gasteiger partial charge in [0.1, 0.15) is 23.9 Å². The minimum Gasteiger partial charge on any atom is -0.356 e. The lowest BCUT2D eigenvalue weighted by Crippen LogP contribution is -2.36. The summed E-state index contributed by atoms with van der Waals surface area (Å²) < 4.78 is 133. The summed E-state index contributed by atoms with van der Waals surface area (Å²) in [6, 6.07) is 7.59. The van der Waals surface area contributed by atoms with E-state index < -0.39 is 81.0 Å². The summed E-state index contributed by atoms with van der Waals surface area (Å²) in [6.45, 7) is -0.740. The van der Waals surface area contributed by atoms with E-state index in [0.717, 1.165) is 18.4 Å². The van der Waals surface area contributed by atoms with Crippen molar-refractivity contribution in [2.45, 2.75) is 62.3 Å². The van der Waals surface area contributed by atoms with Gasteiger partial charge >= 0.3 is 6.18 Å². The van der Waals surface area contributed by atoms with Crippen molar-refractivity contribution in [3.63, 3.8) is 0 Å². The van der Waals surface area contributed by atoms with E-state index in [4.69, 9.17) is 4.98 Å². The van der Waals surface area contributed by atoms with Crippen molar-refractivity contribution in [2.75, 3.05) is 22.8 Å². The van der Waals surface area contributed by atoms with Crippen LogP contribution in [0, 0.1) is 17.6 Å². The van der Waals surface area contributed by atoms with Crippen LogP contribution in [0.2, 0.25) is 0 Å². The van der Waals surface area contributed by atoms with Gasteiger partial charge in [-0.3, -0.25) is 23.7 Å². The second kappa shape index (κ2) is 14.4. The van der Waals surface area contributed by atoms with Gasteiger partial charge in [-0.2, -0.15) is 32.1 Å². The molecule has 4 N–H and O–H groups in total. The number of anilines is 2. The third-order valence-corrected chi connectivity index (χ3v) is 12.6. The molecule has 5 heterocycles. The van der Waals surface area contributed by atoms with E-state index in [0.29, 0.717) is 49.2 Å². The zero-order valence-corrected chi connectivity index (χ0v) is 33.5. The molecule has 4 aromatic heterocycles. The Bertz CT molecular complexity index is 2890. The number of para-hydroxylation sites is 1. The summed E-state index contributed by atoms with van der Waals surface area (Å²) in [7, 11) is -2.24. The molecule has 23 heteroatoms. The van der Waals surface area contributed by atoms with Crippen LogP contribution >= 0.6 is 11.3 Å². The highest BCUT2D eigenvalue weighted by Gasteiger charge is 2.63. The van der Waals surface area contributed by atoms with Crippen LogP contribution in [0.3, 0.4) is 0 Å². The zero-order valence-electron chi connectivity index (χ0n) is 31.9. The summed E-state index contributed by atoms with van der Waals surface area (Å²) >= 11 is 1.18. The maximum atomic E-state index is 15.7. The summed E-state index contributed by atoms with van der Waals surface area (Å²) in [4.78, 5) is 35.5. The van der Waals surface area contributed by atoms with E-state index in [2.05, 4.69) is 35.9 Å². The fourth-order valence-electron chi connectivity index (χ4n) is 8.62. The molecule has 2 aliphatic carbocycles. The van der Waals surface area contributed by atoms with Gasteiger partial charge in [0, 0.05) is 54.1 Å². The molecule has 3 aliphatic rings. The van der Waals surface area contributed by atoms with Gasteiger partial charge < -0.3 is 16.0 Å². The molecule has 2 fully saturated rings. The number of nitrogens with zero attached hydrogens (tertiary/aromatic N) is 6. The molecule has 320 valence electrons. The average Bonchev–Trinajstić information content (AvgIpc) is 3.92. The second-order valence-corrected chi connectivity index (χ2v) is 18.2. The van der Waals surface area contributed by atoms with Crippen LogP contribution in [-0.4, -0.2) is 68.6 Å². The minimum atomic E-state index is -5.08. The first-order chi connectivity index (χ1) is 28.7. The summed E-state index contributed by atoms with van der Waals surface area (Å²) in [5.41, 5.74) is -1.80. The first-order valence-electron chi connectivity index (χ1n) is 18.8. The van der Waals surface area contributed by atoms with Crippen LogP contribution in [0.1, 0.15) is 59.4 Å². The van der Waals surface area contributed by atoms with Crippen molar-refractivity contribution in [3.05, 3.63) is 82.3 Å². The normalized spacial score (nSPS) is 20.0. The molecule has 2 unspecified atom stereocenters. The lowest BCUT2D eigenvalue weighted by atomic mass is 9.73. The number of hydrogen-bond acceptors (Lipinski definition) is 10. The maximum absolute atomic E-state index is 15.7. The van der Waals surface area contributed by atoms with Crippen molar-refractivity contribution in [1.29, 1.82) is 0 Å². The second-order valence-electron chi connectivity index (χ2n) is 15.4. The van der Waals surface area contributed by atoms with Gasteiger partial charge in [-0.05, 0) is 55.0 Å². The fourth-order valence-corrected chi connectivity index (χ4v) is 10.0. The van der Waals surface area contributed by atoms with Gasteiger partial charge in [-0.25, -0.2) is 27.2 Å². The highest BCUT2D eigenvalue weighted by molar-refractivity contribution is 7.92. The number of fused-ring (bicyclic) bond motifs is 5. The Labute approximate surface area is 345 Å². The molecular formula is C38H33F7N10O4S2. The number of aromatic nitrogens is 6. The predicted octanol–water partition coefficient (Wildman–Crippen LogP) is 6.11. The van der Waals surface area contributed by atoms with Gasteiger partial charge in [0.2, 0.25) is 21.8 Å². The van der Waals surface area contributed by atoms with Crippen LogP contribution in [0.5, 0.6) is 0 Å². The molecule has 0 radical (unpaired) electrons.